The highest BCUT2D eigenvalue weighted by atomic mass is 16.5. The summed E-state index contributed by atoms with van der Waals surface area (Å²) in [6.07, 6.45) is 11.0. The maximum absolute atomic E-state index is 5.65. The third-order valence-electron chi connectivity index (χ3n) is 7.76. The number of likely N-dealkylation sites (tertiary alicyclic amines) is 1. The first-order valence-electron chi connectivity index (χ1n) is 13.0. The summed E-state index contributed by atoms with van der Waals surface area (Å²) >= 11 is 0. The summed E-state index contributed by atoms with van der Waals surface area (Å²) in [4.78, 5) is 7.43. The largest absolute Gasteiger partial charge is 0.339 e. The van der Waals surface area contributed by atoms with Crippen LogP contribution in [0.4, 0.5) is 0 Å². The molecule has 2 fully saturated rings. The highest BCUT2D eigenvalue weighted by Crippen LogP contribution is 2.32. The maximum atomic E-state index is 5.65. The van der Waals surface area contributed by atoms with Crippen LogP contribution in [0.25, 0.3) is 0 Å². The summed E-state index contributed by atoms with van der Waals surface area (Å²) in [7, 11) is 0. The van der Waals surface area contributed by atoms with E-state index in [0.717, 1.165) is 31.1 Å². The van der Waals surface area contributed by atoms with Gasteiger partial charge in [0.1, 0.15) is 0 Å². The lowest BCUT2D eigenvalue weighted by atomic mass is 9.87. The van der Waals surface area contributed by atoms with Gasteiger partial charge in [-0.05, 0) is 68.8 Å². The van der Waals surface area contributed by atoms with Crippen molar-refractivity contribution in [3.8, 4) is 0 Å². The summed E-state index contributed by atoms with van der Waals surface area (Å²) < 4.78 is 5.65. The molecular weight excluding hydrogens is 406 g/mol. The molecule has 1 saturated heterocycles. The van der Waals surface area contributed by atoms with Gasteiger partial charge in [0.05, 0.1) is 0 Å². The highest BCUT2D eigenvalue weighted by molar-refractivity contribution is 5.32. The van der Waals surface area contributed by atoms with E-state index in [1.807, 2.05) is 0 Å². The molecule has 1 aliphatic heterocycles. The number of rotatable bonds is 8. The summed E-state index contributed by atoms with van der Waals surface area (Å²) in [6, 6.07) is 22.0. The third kappa shape index (κ3) is 5.92. The molecule has 4 nitrogen and oxygen atoms in total. The van der Waals surface area contributed by atoms with Gasteiger partial charge in [-0.25, -0.2) is 0 Å². The normalized spacial score (nSPS) is 18.7. The van der Waals surface area contributed by atoms with Crippen LogP contribution in [0.2, 0.25) is 0 Å². The van der Waals surface area contributed by atoms with E-state index >= 15 is 0 Å². The molecule has 3 aromatic rings. The second-order valence-electron chi connectivity index (χ2n) is 10.0. The first-order valence-corrected chi connectivity index (χ1v) is 13.0. The Morgan fingerprint density at radius 3 is 2.09 bits per heavy atom. The molecule has 174 valence electrons. The number of hydrogen-bond acceptors (Lipinski definition) is 4. The fraction of sp³-hybridized carbons (Fsp3) is 0.517. The van der Waals surface area contributed by atoms with Crippen LogP contribution in [-0.4, -0.2) is 34.7 Å². The van der Waals surface area contributed by atoms with E-state index in [4.69, 9.17) is 9.51 Å². The lowest BCUT2D eigenvalue weighted by Crippen LogP contribution is -2.35. The van der Waals surface area contributed by atoms with E-state index in [1.54, 1.807) is 0 Å². The van der Waals surface area contributed by atoms with Crippen LogP contribution in [0, 0.1) is 5.92 Å². The van der Waals surface area contributed by atoms with E-state index < -0.39 is 0 Å². The monoisotopic (exact) mass is 443 g/mol. The molecule has 1 aromatic heterocycles. The van der Waals surface area contributed by atoms with Crippen LogP contribution in [0.3, 0.4) is 0 Å². The van der Waals surface area contributed by atoms with Crippen LogP contribution in [0.5, 0.6) is 0 Å². The maximum Gasteiger partial charge on any atom is 0.226 e. The zero-order chi connectivity index (χ0) is 22.3. The van der Waals surface area contributed by atoms with Gasteiger partial charge in [-0.2, -0.15) is 4.98 Å². The Kier molecular flexibility index (Phi) is 7.52. The van der Waals surface area contributed by atoms with E-state index in [-0.39, 0.29) is 0 Å². The van der Waals surface area contributed by atoms with Crippen LogP contribution in [0.15, 0.2) is 65.2 Å². The Morgan fingerprint density at radius 1 is 0.818 bits per heavy atom. The zero-order valence-corrected chi connectivity index (χ0v) is 19.7. The molecule has 0 spiro atoms. The Hall–Kier alpha value is -2.46. The molecular formula is C29H37N3O. The highest BCUT2D eigenvalue weighted by Gasteiger charge is 2.25. The minimum absolute atomic E-state index is 0.460. The Bertz CT molecular complexity index is 917. The van der Waals surface area contributed by atoms with Crippen molar-refractivity contribution >= 4 is 0 Å². The lowest BCUT2D eigenvalue weighted by molar-refractivity contribution is 0.174. The molecule has 0 radical (unpaired) electrons. The van der Waals surface area contributed by atoms with Crippen LogP contribution >= 0.6 is 0 Å². The Labute approximate surface area is 198 Å². The topological polar surface area (TPSA) is 42.2 Å². The van der Waals surface area contributed by atoms with Crippen molar-refractivity contribution < 1.29 is 4.52 Å². The molecule has 0 atom stereocenters. The SMILES string of the molecule is c1ccc(C(CCN2CCC(Cc3nc(C4CCCCC4)no3)CC2)c2ccccc2)cc1. The fourth-order valence-electron chi connectivity index (χ4n) is 5.75. The predicted molar refractivity (Wildman–Crippen MR) is 132 cm³/mol. The molecule has 2 aromatic carbocycles. The molecule has 0 unspecified atom stereocenters. The average molecular weight is 444 g/mol. The molecule has 1 aliphatic carbocycles. The number of benzene rings is 2. The van der Waals surface area contributed by atoms with Crippen LogP contribution in [-0.2, 0) is 6.42 Å². The van der Waals surface area contributed by atoms with Gasteiger partial charge in [-0.3, -0.25) is 0 Å². The van der Waals surface area contributed by atoms with Crippen LogP contribution in [0.1, 0.15) is 86.0 Å². The van der Waals surface area contributed by atoms with E-state index in [1.165, 1.54) is 69.2 Å². The first kappa shape index (κ1) is 22.3. The predicted octanol–water partition coefficient (Wildman–Crippen LogP) is 6.59. The van der Waals surface area contributed by atoms with Crippen molar-refractivity contribution in [1.82, 2.24) is 15.0 Å². The fourth-order valence-corrected chi connectivity index (χ4v) is 5.75. The van der Waals surface area contributed by atoms with Gasteiger partial charge in [0, 0.05) is 18.3 Å². The van der Waals surface area contributed by atoms with Gasteiger partial charge >= 0.3 is 0 Å². The second-order valence-corrected chi connectivity index (χ2v) is 10.0. The van der Waals surface area contributed by atoms with Gasteiger partial charge < -0.3 is 9.42 Å². The molecule has 0 bridgehead atoms. The van der Waals surface area contributed by atoms with Gasteiger partial charge in [-0.15, -0.1) is 0 Å². The van der Waals surface area contributed by atoms with E-state index in [2.05, 4.69) is 70.7 Å². The minimum Gasteiger partial charge on any atom is -0.339 e. The van der Waals surface area contributed by atoms with Gasteiger partial charge in [-0.1, -0.05) is 85.1 Å². The minimum atomic E-state index is 0.460. The van der Waals surface area contributed by atoms with Crippen molar-refractivity contribution in [2.75, 3.05) is 19.6 Å². The Morgan fingerprint density at radius 2 is 1.45 bits per heavy atom. The molecule has 33 heavy (non-hydrogen) atoms. The van der Waals surface area contributed by atoms with Crippen molar-refractivity contribution in [3.05, 3.63) is 83.5 Å². The van der Waals surface area contributed by atoms with Crippen molar-refractivity contribution in [2.45, 2.75) is 69.6 Å². The van der Waals surface area contributed by atoms with Crippen molar-refractivity contribution in [2.24, 2.45) is 5.92 Å². The molecule has 1 saturated carbocycles. The lowest BCUT2D eigenvalue weighted by Gasteiger charge is -2.32. The summed E-state index contributed by atoms with van der Waals surface area (Å²) in [5, 5.41) is 4.33. The summed E-state index contributed by atoms with van der Waals surface area (Å²) in [5.41, 5.74) is 2.84. The molecule has 0 N–H and O–H groups in total. The number of piperidine rings is 1. The number of hydrogen-bond donors (Lipinski definition) is 0. The molecule has 0 amide bonds. The number of nitrogens with zero attached hydrogens (tertiary/aromatic N) is 3. The van der Waals surface area contributed by atoms with Crippen LogP contribution < -0.4 is 0 Å². The molecule has 4 heteroatoms. The second kappa shape index (κ2) is 11.1. The first-order chi connectivity index (χ1) is 16.3. The Balaban J connectivity index is 1.12. The smallest absolute Gasteiger partial charge is 0.226 e. The molecule has 5 rings (SSSR count). The quantitative estimate of drug-likeness (QED) is 0.394. The van der Waals surface area contributed by atoms with Gasteiger partial charge in [0.25, 0.3) is 0 Å². The average Bonchev–Trinajstić information content (AvgIpc) is 3.36. The van der Waals surface area contributed by atoms with E-state index in [0.29, 0.717) is 17.8 Å². The zero-order valence-electron chi connectivity index (χ0n) is 19.7. The van der Waals surface area contributed by atoms with Gasteiger partial charge in [0.15, 0.2) is 5.82 Å². The standard InChI is InChI=1S/C29H37N3O/c1-4-10-24(11-5-1)27(25-12-6-2-7-13-25)18-21-32-19-16-23(17-20-32)22-28-30-29(31-33-28)26-14-8-3-9-15-26/h1-2,4-7,10-13,23,26-27H,3,8-9,14-22H2. The molecule has 2 aliphatic rings. The summed E-state index contributed by atoms with van der Waals surface area (Å²) in [6.45, 7) is 3.49. The third-order valence-corrected chi connectivity index (χ3v) is 7.76. The van der Waals surface area contributed by atoms with E-state index in [9.17, 15) is 0 Å². The molecule has 2 heterocycles. The van der Waals surface area contributed by atoms with Crippen molar-refractivity contribution in [3.63, 3.8) is 0 Å². The summed E-state index contributed by atoms with van der Waals surface area (Å²) in [5.74, 6) is 3.49. The number of aromatic nitrogens is 2. The van der Waals surface area contributed by atoms with Gasteiger partial charge in [0.2, 0.25) is 5.89 Å². The van der Waals surface area contributed by atoms with Crippen molar-refractivity contribution in [1.29, 1.82) is 0 Å².